The number of rotatable bonds is 32. The maximum absolute atomic E-state index is 12.2. The van der Waals surface area contributed by atoms with Crippen LogP contribution in [-0.2, 0) is 23.1 Å². The van der Waals surface area contributed by atoms with Crippen molar-refractivity contribution < 1.29 is 32.5 Å². The van der Waals surface area contributed by atoms with Gasteiger partial charge in [-0.1, -0.05) is 115 Å². The molecule has 246 valence electrons. The molecule has 0 saturated carbocycles. The van der Waals surface area contributed by atoms with Crippen molar-refractivity contribution in [1.82, 2.24) is 0 Å². The quantitative estimate of drug-likeness (QED) is 0.0356. The molecule has 8 heteroatoms. The van der Waals surface area contributed by atoms with Gasteiger partial charge in [-0.05, 0) is 32.1 Å². The van der Waals surface area contributed by atoms with Crippen LogP contribution in [0.1, 0.15) is 135 Å². The minimum atomic E-state index is -4.14. The number of allylic oxidation sites excluding steroid dienone is 2. The molecule has 0 aliphatic rings. The molecule has 0 saturated heterocycles. The van der Waals surface area contributed by atoms with E-state index in [1.807, 2.05) is 21.1 Å². The summed E-state index contributed by atoms with van der Waals surface area (Å²) >= 11 is 0. The van der Waals surface area contributed by atoms with Gasteiger partial charge in [-0.15, -0.1) is 0 Å². The van der Waals surface area contributed by atoms with Gasteiger partial charge >= 0.3 is 7.82 Å². The molecule has 0 fully saturated rings. The molecule has 1 N–H and O–H groups in total. The molecule has 0 heterocycles. The fourth-order valence-corrected chi connectivity index (χ4v) is 5.54. The molecule has 0 amide bonds. The molecule has 0 radical (unpaired) electrons. The standard InChI is InChI=1S/C33H68NO6P/c1-6-7-8-9-10-11-12-13-14-15-16-17-18-19-20-21-22-23-24-25-26-27-29-38-32-33(31-37-5)40-41(35,36)39-30-28-34(2,3)4/h18-19,33H,6-17,20-32H2,1-5H3/p+1/b19-18-/t33-/m0/s1. The number of hydrogen-bond acceptors (Lipinski definition) is 5. The van der Waals surface area contributed by atoms with E-state index in [9.17, 15) is 9.46 Å². The van der Waals surface area contributed by atoms with E-state index >= 15 is 0 Å². The molecule has 7 nitrogen and oxygen atoms in total. The Morgan fingerprint density at radius 2 is 1.15 bits per heavy atom. The molecule has 0 aromatic carbocycles. The number of ether oxygens (including phenoxy) is 2. The van der Waals surface area contributed by atoms with Gasteiger partial charge in [0.25, 0.3) is 0 Å². The Hall–Kier alpha value is -0.270. The van der Waals surface area contributed by atoms with Gasteiger partial charge in [0.05, 0.1) is 34.4 Å². The van der Waals surface area contributed by atoms with E-state index in [0.29, 0.717) is 17.6 Å². The number of quaternary nitrogens is 1. The Bertz CT molecular complexity index is 625. The molecule has 0 aromatic rings. The van der Waals surface area contributed by atoms with Crippen molar-refractivity contribution in [3.05, 3.63) is 12.2 Å². The molecular weight excluding hydrogens is 537 g/mol. The molecule has 41 heavy (non-hydrogen) atoms. The van der Waals surface area contributed by atoms with Crippen LogP contribution in [0.25, 0.3) is 0 Å². The molecule has 0 bridgehead atoms. The second-order valence-electron chi connectivity index (χ2n) is 12.6. The van der Waals surface area contributed by atoms with Crippen LogP contribution in [0.2, 0.25) is 0 Å². The average Bonchev–Trinajstić information content (AvgIpc) is 2.90. The second-order valence-corrected chi connectivity index (χ2v) is 14.0. The van der Waals surface area contributed by atoms with Crippen molar-refractivity contribution in [2.24, 2.45) is 0 Å². The van der Waals surface area contributed by atoms with E-state index in [1.165, 1.54) is 123 Å². The normalized spacial score (nSPS) is 14.6. The third kappa shape index (κ3) is 32.5. The van der Waals surface area contributed by atoms with Gasteiger partial charge in [-0.3, -0.25) is 9.05 Å². The highest BCUT2D eigenvalue weighted by atomic mass is 31.2. The SMILES string of the molecule is CCCCCCCCCCCCC/C=C\CCCCCCCCCOC[C@H](COC)OP(=O)(O)OCC[N+](C)(C)C. The van der Waals surface area contributed by atoms with Gasteiger partial charge in [0.15, 0.2) is 0 Å². The van der Waals surface area contributed by atoms with Gasteiger partial charge in [-0.25, -0.2) is 4.57 Å². The highest BCUT2D eigenvalue weighted by Gasteiger charge is 2.27. The van der Waals surface area contributed by atoms with Crippen molar-refractivity contribution in [3.8, 4) is 0 Å². The van der Waals surface area contributed by atoms with Gasteiger partial charge < -0.3 is 18.9 Å². The predicted molar refractivity (Wildman–Crippen MR) is 173 cm³/mol. The molecule has 2 atom stereocenters. The fourth-order valence-electron chi connectivity index (χ4n) is 4.67. The second kappa shape index (κ2) is 28.5. The summed E-state index contributed by atoms with van der Waals surface area (Å²) in [5.41, 5.74) is 0. The number of unbranched alkanes of at least 4 members (excludes halogenated alkanes) is 18. The number of phosphoric ester groups is 1. The van der Waals surface area contributed by atoms with Crippen LogP contribution in [0.15, 0.2) is 12.2 Å². The number of phosphoric acid groups is 1. The topological polar surface area (TPSA) is 74.2 Å². The minimum Gasteiger partial charge on any atom is -0.382 e. The van der Waals surface area contributed by atoms with Gasteiger partial charge in [-0.2, -0.15) is 0 Å². The average molecular weight is 607 g/mol. The third-order valence-corrected chi connectivity index (χ3v) is 8.33. The lowest BCUT2D eigenvalue weighted by Gasteiger charge is -2.25. The Labute approximate surface area is 254 Å². The number of methoxy groups -OCH3 is 1. The lowest BCUT2D eigenvalue weighted by Crippen LogP contribution is -2.37. The lowest BCUT2D eigenvalue weighted by atomic mass is 10.0. The van der Waals surface area contributed by atoms with E-state index in [-0.39, 0.29) is 19.8 Å². The lowest BCUT2D eigenvalue weighted by molar-refractivity contribution is -0.870. The Morgan fingerprint density at radius 1 is 0.683 bits per heavy atom. The number of hydrogen-bond donors (Lipinski definition) is 1. The largest absolute Gasteiger partial charge is 0.472 e. The van der Waals surface area contributed by atoms with Crippen LogP contribution in [-0.4, -0.2) is 76.7 Å². The molecular formula is C33H69NO6P+. The minimum absolute atomic E-state index is 0.147. The summed E-state index contributed by atoms with van der Waals surface area (Å²) in [5.74, 6) is 0. The van der Waals surface area contributed by atoms with Crippen LogP contribution in [0.5, 0.6) is 0 Å². The van der Waals surface area contributed by atoms with Crippen molar-refractivity contribution >= 4 is 7.82 Å². The van der Waals surface area contributed by atoms with Crippen molar-refractivity contribution in [3.63, 3.8) is 0 Å². The zero-order valence-corrected chi connectivity index (χ0v) is 28.7. The highest BCUT2D eigenvalue weighted by molar-refractivity contribution is 7.47. The molecule has 1 unspecified atom stereocenters. The molecule has 0 aliphatic heterocycles. The number of nitrogens with zero attached hydrogens (tertiary/aromatic N) is 1. The first-order valence-electron chi connectivity index (χ1n) is 16.9. The van der Waals surface area contributed by atoms with Crippen LogP contribution < -0.4 is 0 Å². The van der Waals surface area contributed by atoms with Gasteiger partial charge in [0.1, 0.15) is 19.3 Å². The Balaban J connectivity index is 3.53. The van der Waals surface area contributed by atoms with E-state index in [1.54, 1.807) is 0 Å². The first kappa shape index (κ1) is 40.7. The Kier molecular flexibility index (Phi) is 28.3. The van der Waals surface area contributed by atoms with Crippen molar-refractivity contribution in [2.75, 3.05) is 61.2 Å². The summed E-state index contributed by atoms with van der Waals surface area (Å²) in [4.78, 5) is 9.99. The summed E-state index contributed by atoms with van der Waals surface area (Å²) in [6, 6.07) is 0. The van der Waals surface area contributed by atoms with Crippen LogP contribution >= 0.6 is 7.82 Å². The maximum atomic E-state index is 12.2. The van der Waals surface area contributed by atoms with Crippen molar-refractivity contribution in [1.29, 1.82) is 0 Å². The molecule has 0 aromatic heterocycles. The predicted octanol–water partition coefficient (Wildman–Crippen LogP) is 9.24. The third-order valence-electron chi connectivity index (χ3n) is 7.26. The summed E-state index contributed by atoms with van der Waals surface area (Å²) in [6.07, 6.45) is 30.7. The first-order valence-corrected chi connectivity index (χ1v) is 18.4. The van der Waals surface area contributed by atoms with E-state index in [0.717, 1.165) is 12.8 Å². The van der Waals surface area contributed by atoms with Gasteiger partial charge in [0.2, 0.25) is 0 Å². The summed E-state index contributed by atoms with van der Waals surface area (Å²) in [7, 11) is 3.38. The summed E-state index contributed by atoms with van der Waals surface area (Å²) in [6.45, 7) is 4.05. The molecule has 0 aliphatic carbocycles. The highest BCUT2D eigenvalue weighted by Crippen LogP contribution is 2.44. The summed E-state index contributed by atoms with van der Waals surface area (Å²) in [5, 5.41) is 0. The maximum Gasteiger partial charge on any atom is 0.472 e. The fraction of sp³-hybridized carbons (Fsp3) is 0.939. The smallest absolute Gasteiger partial charge is 0.382 e. The Morgan fingerprint density at radius 3 is 1.61 bits per heavy atom. The monoisotopic (exact) mass is 606 g/mol. The zero-order valence-electron chi connectivity index (χ0n) is 27.8. The van der Waals surface area contributed by atoms with Crippen molar-refractivity contribution in [2.45, 2.75) is 141 Å². The van der Waals surface area contributed by atoms with Gasteiger partial charge in [0, 0.05) is 13.7 Å². The first-order chi connectivity index (χ1) is 19.7. The van der Waals surface area contributed by atoms with E-state index in [4.69, 9.17) is 18.5 Å². The van der Waals surface area contributed by atoms with E-state index in [2.05, 4.69) is 19.1 Å². The van der Waals surface area contributed by atoms with Crippen LogP contribution in [0.4, 0.5) is 0 Å². The number of likely N-dealkylation sites (N-methyl/N-ethyl adjacent to an activating group) is 1. The van der Waals surface area contributed by atoms with Crippen LogP contribution in [0.3, 0.4) is 0 Å². The van der Waals surface area contributed by atoms with E-state index < -0.39 is 13.9 Å². The molecule has 0 rings (SSSR count). The molecule has 0 spiro atoms. The summed E-state index contributed by atoms with van der Waals surface area (Å²) < 4.78 is 34.0. The zero-order chi connectivity index (χ0) is 30.5. The van der Waals surface area contributed by atoms with Crippen LogP contribution in [0, 0.1) is 0 Å².